The summed E-state index contributed by atoms with van der Waals surface area (Å²) in [6.45, 7) is 0. The first-order valence-corrected chi connectivity index (χ1v) is 7.37. The zero-order valence-corrected chi connectivity index (χ0v) is 13.5. The number of carbonyl (C=O) groups is 2. The molecule has 0 heterocycles. The third-order valence-corrected chi connectivity index (χ3v) is 3.18. The molecule has 0 amide bonds. The summed E-state index contributed by atoms with van der Waals surface area (Å²) in [5.74, 6) is -1.74. The summed E-state index contributed by atoms with van der Waals surface area (Å²) in [7, 11) is 1.41. The maximum absolute atomic E-state index is 13.4. The molecule has 0 saturated carbocycles. The molecule has 0 aromatic heterocycles. The molecule has 0 radical (unpaired) electrons. The molecule has 0 aliphatic rings. The van der Waals surface area contributed by atoms with Crippen LogP contribution in [0.3, 0.4) is 0 Å². The van der Waals surface area contributed by atoms with E-state index in [0.29, 0.717) is 10.8 Å². The Morgan fingerprint density at radius 3 is 2.21 bits per heavy atom. The van der Waals surface area contributed by atoms with Gasteiger partial charge in [-0.15, -0.1) is 0 Å². The van der Waals surface area contributed by atoms with E-state index in [-0.39, 0.29) is 24.3 Å². The minimum Gasteiger partial charge on any atom is -0.493 e. The Bertz CT molecular complexity index is 748. The van der Waals surface area contributed by atoms with Crippen LogP contribution in [0, 0.1) is 5.82 Å². The summed E-state index contributed by atoms with van der Waals surface area (Å²) in [6.07, 6.45) is -0.470. The third kappa shape index (κ3) is 4.96. The molecular formula is C17H14ClFO5. The molecule has 5 nitrogen and oxygen atoms in total. The first kappa shape index (κ1) is 17.7. The van der Waals surface area contributed by atoms with Crippen LogP contribution in [0.4, 0.5) is 4.39 Å². The van der Waals surface area contributed by atoms with Crippen molar-refractivity contribution in [2.45, 2.75) is 12.8 Å². The zero-order valence-electron chi connectivity index (χ0n) is 12.8. The van der Waals surface area contributed by atoms with Crippen LogP contribution in [0.5, 0.6) is 17.2 Å². The fourth-order valence-electron chi connectivity index (χ4n) is 1.80. The van der Waals surface area contributed by atoms with Gasteiger partial charge < -0.3 is 14.2 Å². The Balaban J connectivity index is 1.87. The first-order chi connectivity index (χ1) is 11.5. The number of hydrogen-bond donors (Lipinski definition) is 0. The number of ether oxygens (including phenoxy) is 3. The van der Waals surface area contributed by atoms with Gasteiger partial charge in [0.05, 0.1) is 20.0 Å². The number of para-hydroxylation sites is 1. The zero-order chi connectivity index (χ0) is 17.5. The molecule has 126 valence electrons. The Labute approximate surface area is 142 Å². The van der Waals surface area contributed by atoms with Gasteiger partial charge in [0, 0.05) is 11.1 Å². The second kappa shape index (κ2) is 8.31. The molecular weight excluding hydrogens is 339 g/mol. The maximum atomic E-state index is 13.4. The highest BCUT2D eigenvalue weighted by atomic mass is 35.5. The lowest BCUT2D eigenvalue weighted by atomic mass is 10.3. The van der Waals surface area contributed by atoms with E-state index < -0.39 is 17.8 Å². The normalized spacial score (nSPS) is 10.1. The van der Waals surface area contributed by atoms with Crippen LogP contribution in [0.1, 0.15) is 12.8 Å². The summed E-state index contributed by atoms with van der Waals surface area (Å²) < 4.78 is 28.4. The standard InChI is InChI=1S/C17H14ClFO5/c1-22-15-10-11(18)6-7-14(15)24-17(21)9-8-16(20)23-13-5-3-2-4-12(13)19/h2-7,10H,8-9H2,1H3. The second-order valence-electron chi connectivity index (χ2n) is 4.67. The quantitative estimate of drug-likeness (QED) is 0.585. The molecule has 0 N–H and O–H groups in total. The van der Waals surface area contributed by atoms with Crippen molar-refractivity contribution in [3.8, 4) is 17.2 Å². The van der Waals surface area contributed by atoms with Gasteiger partial charge in [-0.1, -0.05) is 23.7 Å². The van der Waals surface area contributed by atoms with E-state index in [0.717, 1.165) is 0 Å². The number of rotatable bonds is 6. The van der Waals surface area contributed by atoms with E-state index in [4.69, 9.17) is 25.8 Å². The van der Waals surface area contributed by atoms with Crippen LogP contribution in [-0.4, -0.2) is 19.0 Å². The largest absolute Gasteiger partial charge is 0.493 e. The monoisotopic (exact) mass is 352 g/mol. The Morgan fingerprint density at radius 2 is 1.58 bits per heavy atom. The fourth-order valence-corrected chi connectivity index (χ4v) is 1.97. The minimum atomic E-state index is -0.736. The molecule has 0 aliphatic carbocycles. The number of methoxy groups -OCH3 is 1. The van der Waals surface area contributed by atoms with E-state index in [1.54, 1.807) is 6.07 Å². The molecule has 24 heavy (non-hydrogen) atoms. The molecule has 7 heteroatoms. The summed E-state index contributed by atoms with van der Waals surface area (Å²) in [5.41, 5.74) is 0. The number of benzene rings is 2. The summed E-state index contributed by atoms with van der Waals surface area (Å²) >= 11 is 5.81. The number of esters is 2. The lowest BCUT2D eigenvalue weighted by Gasteiger charge is -2.09. The summed E-state index contributed by atoms with van der Waals surface area (Å²) in [4.78, 5) is 23.4. The van der Waals surface area contributed by atoms with Crippen LogP contribution in [-0.2, 0) is 9.59 Å². The smallest absolute Gasteiger partial charge is 0.311 e. The van der Waals surface area contributed by atoms with Crippen LogP contribution in [0.25, 0.3) is 0 Å². The van der Waals surface area contributed by atoms with Gasteiger partial charge in [-0.2, -0.15) is 0 Å². The van der Waals surface area contributed by atoms with Crippen molar-refractivity contribution in [1.82, 2.24) is 0 Å². The van der Waals surface area contributed by atoms with E-state index >= 15 is 0 Å². The highest BCUT2D eigenvalue weighted by Gasteiger charge is 2.14. The molecule has 2 rings (SSSR count). The topological polar surface area (TPSA) is 61.8 Å². The highest BCUT2D eigenvalue weighted by molar-refractivity contribution is 6.30. The number of carbonyl (C=O) groups excluding carboxylic acids is 2. The predicted octanol–water partition coefficient (Wildman–Crippen LogP) is 3.78. The molecule has 0 unspecified atom stereocenters. The molecule has 0 atom stereocenters. The summed E-state index contributed by atoms with van der Waals surface area (Å²) in [6, 6.07) is 10.0. The van der Waals surface area contributed by atoms with Crippen molar-refractivity contribution >= 4 is 23.5 Å². The van der Waals surface area contributed by atoms with Crippen LogP contribution in [0.15, 0.2) is 42.5 Å². The van der Waals surface area contributed by atoms with Crippen molar-refractivity contribution in [3.63, 3.8) is 0 Å². The van der Waals surface area contributed by atoms with Crippen LogP contribution in [0.2, 0.25) is 5.02 Å². The van der Waals surface area contributed by atoms with E-state index in [9.17, 15) is 14.0 Å². The van der Waals surface area contributed by atoms with Crippen molar-refractivity contribution in [2.24, 2.45) is 0 Å². The Hall–Kier alpha value is -2.60. The Kier molecular flexibility index (Phi) is 6.14. The van der Waals surface area contributed by atoms with Gasteiger partial charge in [0.2, 0.25) is 0 Å². The van der Waals surface area contributed by atoms with E-state index in [1.807, 2.05) is 0 Å². The molecule has 0 bridgehead atoms. The van der Waals surface area contributed by atoms with Crippen molar-refractivity contribution in [2.75, 3.05) is 7.11 Å². The highest BCUT2D eigenvalue weighted by Crippen LogP contribution is 2.30. The predicted molar refractivity (Wildman–Crippen MR) is 84.9 cm³/mol. The average Bonchev–Trinajstić information content (AvgIpc) is 2.56. The maximum Gasteiger partial charge on any atom is 0.311 e. The van der Waals surface area contributed by atoms with Crippen molar-refractivity contribution < 1.29 is 28.2 Å². The molecule has 2 aromatic carbocycles. The van der Waals surface area contributed by atoms with Gasteiger partial charge in [0.1, 0.15) is 0 Å². The van der Waals surface area contributed by atoms with Gasteiger partial charge in [-0.3, -0.25) is 9.59 Å². The van der Waals surface area contributed by atoms with E-state index in [1.165, 1.54) is 43.5 Å². The van der Waals surface area contributed by atoms with Crippen molar-refractivity contribution in [3.05, 3.63) is 53.3 Å². The van der Waals surface area contributed by atoms with Gasteiger partial charge in [-0.05, 0) is 24.3 Å². The second-order valence-corrected chi connectivity index (χ2v) is 5.11. The molecule has 0 saturated heterocycles. The fraction of sp³-hybridized carbons (Fsp3) is 0.176. The molecule has 0 aliphatic heterocycles. The number of halogens is 2. The van der Waals surface area contributed by atoms with Crippen molar-refractivity contribution in [1.29, 1.82) is 0 Å². The van der Waals surface area contributed by atoms with Gasteiger partial charge >= 0.3 is 11.9 Å². The number of hydrogen-bond acceptors (Lipinski definition) is 5. The lowest BCUT2D eigenvalue weighted by molar-refractivity contribution is -0.140. The lowest BCUT2D eigenvalue weighted by Crippen LogP contribution is -2.14. The van der Waals surface area contributed by atoms with Gasteiger partial charge in [0.15, 0.2) is 23.1 Å². The average molecular weight is 353 g/mol. The van der Waals surface area contributed by atoms with E-state index in [2.05, 4.69) is 0 Å². The minimum absolute atomic E-state index is 0.185. The van der Waals surface area contributed by atoms with Gasteiger partial charge in [0.25, 0.3) is 0 Å². The van der Waals surface area contributed by atoms with Crippen LogP contribution >= 0.6 is 11.6 Å². The molecule has 0 fully saturated rings. The first-order valence-electron chi connectivity index (χ1n) is 6.99. The summed E-state index contributed by atoms with van der Waals surface area (Å²) in [5, 5.41) is 0.431. The third-order valence-electron chi connectivity index (χ3n) is 2.94. The SMILES string of the molecule is COc1cc(Cl)ccc1OC(=O)CCC(=O)Oc1ccccc1F. The molecule has 2 aromatic rings. The molecule has 0 spiro atoms. The van der Waals surface area contributed by atoms with Crippen LogP contribution < -0.4 is 14.2 Å². The Morgan fingerprint density at radius 1 is 0.958 bits per heavy atom. The van der Waals surface area contributed by atoms with Gasteiger partial charge in [-0.25, -0.2) is 4.39 Å².